The molecule has 0 radical (unpaired) electrons. The number of para-hydroxylation sites is 1. The maximum Gasteiger partial charge on any atom is 0.262 e. The first-order valence-corrected chi connectivity index (χ1v) is 6.33. The van der Waals surface area contributed by atoms with Crippen molar-refractivity contribution in [3.63, 3.8) is 0 Å². The van der Waals surface area contributed by atoms with Crippen LogP contribution in [-0.2, 0) is 4.79 Å². The van der Waals surface area contributed by atoms with Crippen molar-refractivity contribution in [2.24, 2.45) is 0 Å². The number of nitrogens with one attached hydrogen (secondary N) is 1. The van der Waals surface area contributed by atoms with Crippen molar-refractivity contribution in [3.8, 4) is 0 Å². The summed E-state index contributed by atoms with van der Waals surface area (Å²) >= 11 is 3.29. The third-order valence-corrected chi connectivity index (χ3v) is 2.93. The first kappa shape index (κ1) is 12.6. The summed E-state index contributed by atoms with van der Waals surface area (Å²) in [6, 6.07) is 19.0. The summed E-state index contributed by atoms with van der Waals surface area (Å²) in [5, 5.41) is 2.81. The van der Waals surface area contributed by atoms with Crippen LogP contribution in [0.1, 0.15) is 5.56 Å². The Kier molecular flexibility index (Phi) is 4.31. The Labute approximate surface area is 114 Å². The van der Waals surface area contributed by atoms with Gasteiger partial charge in [0, 0.05) is 5.69 Å². The number of anilines is 1. The maximum absolute atomic E-state index is 11.9. The summed E-state index contributed by atoms with van der Waals surface area (Å²) in [5.41, 5.74) is 1.76. The summed E-state index contributed by atoms with van der Waals surface area (Å²) in [4.78, 5) is 11.9. The fourth-order valence-corrected chi connectivity index (χ4v) is 1.84. The molecule has 3 heteroatoms. The molecule has 2 aromatic carbocycles. The largest absolute Gasteiger partial charge is 0.322 e. The summed E-state index contributed by atoms with van der Waals surface area (Å²) in [6.45, 7) is 0. The Morgan fingerprint density at radius 1 is 0.944 bits per heavy atom. The smallest absolute Gasteiger partial charge is 0.262 e. The van der Waals surface area contributed by atoms with E-state index in [4.69, 9.17) is 0 Å². The van der Waals surface area contributed by atoms with Gasteiger partial charge in [0.2, 0.25) is 0 Å². The highest BCUT2D eigenvalue weighted by molar-refractivity contribution is 9.12. The van der Waals surface area contributed by atoms with E-state index in [-0.39, 0.29) is 5.91 Å². The first-order valence-electron chi connectivity index (χ1n) is 5.54. The number of rotatable bonds is 3. The molecule has 2 aromatic rings. The first-order chi connectivity index (χ1) is 8.75. The standard InChI is InChI=1S/C15H12BrNO/c16-14(11-12-7-3-1-4-8-12)15(18)17-13-9-5-2-6-10-13/h1-11H,(H,17,18)/b14-11+. The molecule has 18 heavy (non-hydrogen) atoms. The predicted molar refractivity (Wildman–Crippen MR) is 78.4 cm³/mol. The van der Waals surface area contributed by atoms with Crippen LogP contribution in [0.2, 0.25) is 0 Å². The Balaban J connectivity index is 2.08. The van der Waals surface area contributed by atoms with Crippen LogP contribution in [-0.4, -0.2) is 5.91 Å². The van der Waals surface area contributed by atoms with Gasteiger partial charge in [-0.1, -0.05) is 48.5 Å². The topological polar surface area (TPSA) is 29.1 Å². The lowest BCUT2D eigenvalue weighted by Gasteiger charge is -2.03. The zero-order chi connectivity index (χ0) is 12.8. The van der Waals surface area contributed by atoms with Crippen LogP contribution in [0, 0.1) is 0 Å². The van der Waals surface area contributed by atoms with E-state index in [2.05, 4.69) is 21.2 Å². The lowest BCUT2D eigenvalue weighted by atomic mass is 10.2. The van der Waals surface area contributed by atoms with Crippen LogP contribution in [0.25, 0.3) is 6.08 Å². The van der Waals surface area contributed by atoms with Crippen molar-refractivity contribution in [1.82, 2.24) is 0 Å². The summed E-state index contributed by atoms with van der Waals surface area (Å²) in [7, 11) is 0. The maximum atomic E-state index is 11.9. The van der Waals surface area contributed by atoms with Gasteiger partial charge in [-0.25, -0.2) is 0 Å². The molecule has 0 aromatic heterocycles. The molecule has 0 fully saturated rings. The quantitative estimate of drug-likeness (QED) is 0.851. The molecule has 1 N–H and O–H groups in total. The summed E-state index contributed by atoms with van der Waals surface area (Å²) < 4.78 is 0.498. The van der Waals surface area contributed by atoms with E-state index >= 15 is 0 Å². The van der Waals surface area contributed by atoms with E-state index in [1.54, 1.807) is 6.08 Å². The molecule has 0 heterocycles. The zero-order valence-corrected chi connectivity index (χ0v) is 11.2. The molecule has 0 atom stereocenters. The summed E-state index contributed by atoms with van der Waals surface area (Å²) in [5.74, 6) is -0.162. The van der Waals surface area contributed by atoms with Gasteiger partial charge in [0.25, 0.3) is 5.91 Å². The van der Waals surface area contributed by atoms with Crippen molar-refractivity contribution in [1.29, 1.82) is 0 Å². The minimum Gasteiger partial charge on any atom is -0.322 e. The average molecular weight is 302 g/mol. The Morgan fingerprint density at radius 2 is 1.50 bits per heavy atom. The second kappa shape index (κ2) is 6.17. The molecule has 0 bridgehead atoms. The van der Waals surface area contributed by atoms with E-state index in [0.29, 0.717) is 4.48 Å². The highest BCUT2D eigenvalue weighted by atomic mass is 79.9. The molecule has 0 spiro atoms. The van der Waals surface area contributed by atoms with Crippen molar-refractivity contribution < 1.29 is 4.79 Å². The normalized spacial score (nSPS) is 11.1. The molecule has 0 saturated carbocycles. The van der Waals surface area contributed by atoms with Crippen LogP contribution >= 0.6 is 15.9 Å². The molecule has 0 aliphatic heterocycles. The second-order valence-electron chi connectivity index (χ2n) is 3.72. The zero-order valence-electron chi connectivity index (χ0n) is 9.64. The molecule has 2 rings (SSSR count). The van der Waals surface area contributed by atoms with Crippen molar-refractivity contribution in [3.05, 3.63) is 70.7 Å². The third kappa shape index (κ3) is 3.57. The Morgan fingerprint density at radius 3 is 2.11 bits per heavy atom. The second-order valence-corrected chi connectivity index (χ2v) is 4.58. The number of hydrogen-bond donors (Lipinski definition) is 1. The number of amides is 1. The van der Waals surface area contributed by atoms with Gasteiger partial charge in [0.15, 0.2) is 0 Å². The highest BCUT2D eigenvalue weighted by Gasteiger charge is 2.05. The molecule has 1 amide bonds. The molecule has 0 saturated heterocycles. The van der Waals surface area contributed by atoms with Crippen LogP contribution < -0.4 is 5.32 Å². The van der Waals surface area contributed by atoms with Crippen LogP contribution in [0.15, 0.2) is 65.1 Å². The number of hydrogen-bond acceptors (Lipinski definition) is 1. The van der Waals surface area contributed by atoms with E-state index in [0.717, 1.165) is 11.3 Å². The number of benzene rings is 2. The number of carbonyl (C=O) groups is 1. The third-order valence-electron chi connectivity index (χ3n) is 2.34. The molecular weight excluding hydrogens is 290 g/mol. The van der Waals surface area contributed by atoms with E-state index < -0.39 is 0 Å². The van der Waals surface area contributed by atoms with Gasteiger partial charge in [-0.2, -0.15) is 0 Å². The van der Waals surface area contributed by atoms with Gasteiger partial charge in [-0.05, 0) is 39.7 Å². The van der Waals surface area contributed by atoms with Crippen molar-refractivity contribution >= 4 is 33.6 Å². The van der Waals surface area contributed by atoms with E-state index in [9.17, 15) is 4.79 Å². The molecule has 0 aliphatic carbocycles. The number of carbonyl (C=O) groups excluding carboxylic acids is 1. The average Bonchev–Trinajstić information content (AvgIpc) is 2.41. The van der Waals surface area contributed by atoms with Gasteiger partial charge in [0.1, 0.15) is 0 Å². The fourth-order valence-electron chi connectivity index (χ4n) is 1.47. The molecular formula is C15H12BrNO. The Bertz CT molecular complexity index is 549. The van der Waals surface area contributed by atoms with Gasteiger partial charge < -0.3 is 5.32 Å². The van der Waals surface area contributed by atoms with Gasteiger partial charge in [-0.3, -0.25) is 4.79 Å². The van der Waals surface area contributed by atoms with Crippen LogP contribution in [0.5, 0.6) is 0 Å². The SMILES string of the molecule is O=C(Nc1ccccc1)/C(Br)=C\c1ccccc1. The molecule has 0 unspecified atom stereocenters. The summed E-state index contributed by atoms with van der Waals surface area (Å²) in [6.07, 6.45) is 1.79. The number of halogens is 1. The minimum atomic E-state index is -0.162. The monoisotopic (exact) mass is 301 g/mol. The highest BCUT2D eigenvalue weighted by Crippen LogP contribution is 2.15. The molecule has 90 valence electrons. The van der Waals surface area contributed by atoms with Gasteiger partial charge in [0.05, 0.1) is 4.48 Å². The van der Waals surface area contributed by atoms with Crippen molar-refractivity contribution in [2.45, 2.75) is 0 Å². The molecule has 0 aliphatic rings. The fraction of sp³-hybridized carbons (Fsp3) is 0. The van der Waals surface area contributed by atoms with Crippen LogP contribution in [0.4, 0.5) is 5.69 Å². The van der Waals surface area contributed by atoms with Crippen LogP contribution in [0.3, 0.4) is 0 Å². The van der Waals surface area contributed by atoms with E-state index in [1.165, 1.54) is 0 Å². The lowest BCUT2D eigenvalue weighted by molar-refractivity contribution is -0.112. The minimum absolute atomic E-state index is 0.162. The predicted octanol–water partition coefficient (Wildman–Crippen LogP) is 4.06. The Hall–Kier alpha value is -1.87. The van der Waals surface area contributed by atoms with E-state index in [1.807, 2.05) is 60.7 Å². The lowest BCUT2D eigenvalue weighted by Crippen LogP contribution is -2.10. The van der Waals surface area contributed by atoms with Gasteiger partial charge in [-0.15, -0.1) is 0 Å². The van der Waals surface area contributed by atoms with Crippen molar-refractivity contribution in [2.75, 3.05) is 5.32 Å². The van der Waals surface area contributed by atoms with Gasteiger partial charge >= 0.3 is 0 Å². The molecule has 2 nitrogen and oxygen atoms in total.